The number of carbonyl (C=O) groups is 1. The van der Waals surface area contributed by atoms with Gasteiger partial charge >= 0.3 is 0 Å². The molecular weight excluding hydrogens is 130 g/mol. The van der Waals surface area contributed by atoms with Crippen LogP contribution in [0.1, 0.15) is 6.92 Å². The molecule has 0 aliphatic rings. The Bertz CT molecular complexity index is 121. The van der Waals surface area contributed by atoms with Gasteiger partial charge in [0.05, 0.1) is 7.77 Å². The molecule has 0 bridgehead atoms. The molecule has 0 amide bonds. The standard InChI is InChI=1S/C4H6FO2P/c1-4(2-6)8(7)3-5/h2H,3H2,1H3. The van der Waals surface area contributed by atoms with Crippen molar-refractivity contribution in [2.75, 3.05) is 6.42 Å². The summed E-state index contributed by atoms with van der Waals surface area (Å²) in [5, 5.41) is 0.0856. The lowest BCUT2D eigenvalue weighted by atomic mass is 10.6. The van der Waals surface area contributed by atoms with Gasteiger partial charge in [0.1, 0.15) is 0 Å². The van der Waals surface area contributed by atoms with Crippen molar-refractivity contribution in [3.63, 3.8) is 0 Å². The number of aldehydes is 1. The molecule has 0 rings (SSSR count). The molecule has 0 aromatic carbocycles. The highest BCUT2D eigenvalue weighted by molar-refractivity contribution is 7.53. The van der Waals surface area contributed by atoms with Crippen molar-refractivity contribution in [1.82, 2.24) is 0 Å². The molecule has 8 heavy (non-hydrogen) atoms. The van der Waals surface area contributed by atoms with E-state index in [0.29, 0.717) is 6.29 Å². The minimum atomic E-state index is -2.01. The van der Waals surface area contributed by atoms with Gasteiger partial charge in [0.2, 0.25) is 6.42 Å². The van der Waals surface area contributed by atoms with Crippen molar-refractivity contribution in [2.45, 2.75) is 6.92 Å². The SMILES string of the molecule is CC(C=O)=[P+]([O-])CF. The Morgan fingerprint density at radius 1 is 2.00 bits per heavy atom. The first-order valence-corrected chi connectivity index (χ1v) is 3.46. The van der Waals surface area contributed by atoms with Gasteiger partial charge in [-0.2, -0.15) is 4.39 Å². The summed E-state index contributed by atoms with van der Waals surface area (Å²) in [6.45, 7) is 1.35. The molecule has 46 valence electrons. The van der Waals surface area contributed by atoms with Crippen molar-refractivity contribution in [3.05, 3.63) is 0 Å². The molecule has 0 aromatic heterocycles. The second-order valence-corrected chi connectivity index (χ2v) is 2.96. The lowest BCUT2D eigenvalue weighted by Crippen LogP contribution is -2.00. The first-order valence-electron chi connectivity index (χ1n) is 2.01. The van der Waals surface area contributed by atoms with Crippen LogP contribution < -0.4 is 4.89 Å². The van der Waals surface area contributed by atoms with Gasteiger partial charge in [0.15, 0.2) is 11.6 Å². The minimum Gasteiger partial charge on any atom is -0.628 e. The van der Waals surface area contributed by atoms with E-state index in [1.54, 1.807) is 0 Å². The molecule has 1 atom stereocenters. The zero-order valence-corrected chi connectivity index (χ0v) is 5.32. The molecule has 2 nitrogen and oxygen atoms in total. The van der Waals surface area contributed by atoms with Crippen LogP contribution in [0.25, 0.3) is 0 Å². The van der Waals surface area contributed by atoms with Crippen molar-refractivity contribution < 1.29 is 14.1 Å². The molecule has 0 spiro atoms. The number of alkyl halides is 1. The van der Waals surface area contributed by atoms with Gasteiger partial charge in [-0.3, -0.25) is 4.79 Å². The van der Waals surface area contributed by atoms with Crippen molar-refractivity contribution >= 4 is 19.4 Å². The summed E-state index contributed by atoms with van der Waals surface area (Å²) in [6, 6.07) is 0. The van der Waals surface area contributed by atoms with Crippen LogP contribution in [0.4, 0.5) is 4.39 Å². The van der Waals surface area contributed by atoms with Crippen LogP contribution in [0, 0.1) is 0 Å². The van der Waals surface area contributed by atoms with Crippen LogP contribution in [0.5, 0.6) is 0 Å². The van der Waals surface area contributed by atoms with Gasteiger partial charge in [-0.25, -0.2) is 0 Å². The zero-order valence-electron chi connectivity index (χ0n) is 4.43. The molecule has 1 unspecified atom stereocenters. The Kier molecular flexibility index (Phi) is 3.57. The summed E-state index contributed by atoms with van der Waals surface area (Å²) >= 11 is 0. The predicted molar refractivity (Wildman–Crippen MR) is 29.6 cm³/mol. The predicted octanol–water partition coefficient (Wildman–Crippen LogP) is 0.0618. The van der Waals surface area contributed by atoms with E-state index in [0.717, 1.165) is 0 Å². The van der Waals surface area contributed by atoms with Crippen molar-refractivity contribution in [2.24, 2.45) is 0 Å². The molecule has 4 heteroatoms. The average molecular weight is 136 g/mol. The fourth-order valence-electron chi connectivity index (χ4n) is 0.153. The van der Waals surface area contributed by atoms with Crippen LogP contribution in [0.3, 0.4) is 0 Å². The zero-order chi connectivity index (χ0) is 6.57. The summed E-state index contributed by atoms with van der Waals surface area (Å²) in [5.41, 5.74) is 0. The summed E-state index contributed by atoms with van der Waals surface area (Å²) in [4.78, 5) is 20.0. The maximum Gasteiger partial charge on any atom is 0.239 e. The third-order valence-electron chi connectivity index (χ3n) is 0.673. The second-order valence-electron chi connectivity index (χ2n) is 1.26. The van der Waals surface area contributed by atoms with Crippen LogP contribution in [0.15, 0.2) is 0 Å². The van der Waals surface area contributed by atoms with Gasteiger partial charge in [-0.05, 0) is 0 Å². The maximum absolute atomic E-state index is 11.4. The minimum absolute atomic E-state index is 0.0856. The fraction of sp³-hybridized carbons (Fsp3) is 0.500. The molecule has 0 saturated carbocycles. The highest BCUT2D eigenvalue weighted by Gasteiger charge is 1.99. The Labute approximate surface area is 47.8 Å². The summed E-state index contributed by atoms with van der Waals surface area (Å²) in [6.07, 6.45) is -0.516. The van der Waals surface area contributed by atoms with Crippen LogP contribution in [-0.4, -0.2) is 18.0 Å². The topological polar surface area (TPSA) is 40.1 Å². The van der Waals surface area contributed by atoms with Crippen LogP contribution >= 0.6 is 7.77 Å². The molecule has 0 heterocycles. The molecule has 0 aliphatic heterocycles. The summed E-state index contributed by atoms with van der Waals surface area (Å²) < 4.78 is 11.4. The third kappa shape index (κ3) is 2.15. The number of hydrogen-bond donors (Lipinski definition) is 0. The number of carbonyl (C=O) groups excluding carboxylic acids is 1. The van der Waals surface area contributed by atoms with E-state index in [2.05, 4.69) is 0 Å². The summed E-state index contributed by atoms with van der Waals surface area (Å²) in [7, 11) is -2.01. The quantitative estimate of drug-likeness (QED) is 0.398. The Hall–Kier alpha value is -0.270. The Morgan fingerprint density at radius 2 is 2.50 bits per heavy atom. The number of rotatable bonds is 2. The molecular formula is C4H6FO2P. The average Bonchev–Trinajstić information content (AvgIpc) is 1.84. The largest absolute Gasteiger partial charge is 0.628 e. The van der Waals surface area contributed by atoms with E-state index in [-0.39, 0.29) is 5.29 Å². The van der Waals surface area contributed by atoms with Gasteiger partial charge in [0.25, 0.3) is 0 Å². The third-order valence-corrected chi connectivity index (χ3v) is 1.78. The molecule has 0 fully saturated rings. The Morgan fingerprint density at radius 3 is 2.62 bits per heavy atom. The molecule has 0 N–H and O–H groups in total. The van der Waals surface area contributed by atoms with Crippen molar-refractivity contribution in [3.8, 4) is 0 Å². The normalized spacial score (nSPS) is 12.9. The monoisotopic (exact) mass is 136 g/mol. The summed E-state index contributed by atoms with van der Waals surface area (Å²) in [5.74, 6) is 0. The van der Waals surface area contributed by atoms with E-state index >= 15 is 0 Å². The lowest BCUT2D eigenvalue weighted by molar-refractivity contribution is -0.154. The van der Waals surface area contributed by atoms with Gasteiger partial charge < -0.3 is 4.89 Å². The van der Waals surface area contributed by atoms with Crippen LogP contribution in [-0.2, 0) is 4.79 Å². The van der Waals surface area contributed by atoms with Crippen LogP contribution in [0.2, 0.25) is 0 Å². The van der Waals surface area contributed by atoms with Gasteiger partial charge in [-0.1, -0.05) is 0 Å². The maximum atomic E-state index is 11.4. The fourth-order valence-corrected chi connectivity index (χ4v) is 0.459. The lowest BCUT2D eigenvalue weighted by Gasteiger charge is -1.88. The Balaban J connectivity index is 4.03. The van der Waals surface area contributed by atoms with E-state index in [1.165, 1.54) is 6.92 Å². The van der Waals surface area contributed by atoms with E-state index < -0.39 is 14.2 Å². The highest BCUT2D eigenvalue weighted by atomic mass is 31.1. The number of hydrogen-bond acceptors (Lipinski definition) is 2. The number of halogens is 1. The van der Waals surface area contributed by atoms with Gasteiger partial charge in [0, 0.05) is 6.92 Å². The first kappa shape index (κ1) is 7.73. The van der Waals surface area contributed by atoms with E-state index in [1.807, 2.05) is 0 Å². The highest BCUT2D eigenvalue weighted by Crippen LogP contribution is 2.11. The molecule has 0 aromatic rings. The van der Waals surface area contributed by atoms with Crippen molar-refractivity contribution in [1.29, 1.82) is 0 Å². The van der Waals surface area contributed by atoms with E-state index in [9.17, 15) is 14.1 Å². The molecule has 0 radical (unpaired) electrons. The van der Waals surface area contributed by atoms with E-state index in [4.69, 9.17) is 0 Å². The first-order chi connectivity index (χ1) is 3.72. The molecule has 0 saturated heterocycles. The smallest absolute Gasteiger partial charge is 0.239 e. The second kappa shape index (κ2) is 3.70. The molecule has 0 aliphatic carbocycles. The van der Waals surface area contributed by atoms with Gasteiger partial charge in [-0.15, -0.1) is 0 Å².